The second-order valence-electron chi connectivity index (χ2n) is 4.24. The molecule has 1 aromatic heterocycles. The maximum absolute atomic E-state index is 10.0. The molecular weight excluding hydrogens is 238 g/mol. The zero-order chi connectivity index (χ0) is 13.5. The maximum Gasteiger partial charge on any atom is 0.0991 e. The monoisotopic (exact) mass is 253 g/mol. The Bertz CT molecular complexity index is 546. The predicted molar refractivity (Wildman–Crippen MR) is 72.1 cm³/mol. The Morgan fingerprint density at radius 3 is 2.47 bits per heavy atom. The van der Waals surface area contributed by atoms with E-state index in [4.69, 9.17) is 5.26 Å². The van der Waals surface area contributed by atoms with Crippen molar-refractivity contribution in [3.63, 3.8) is 0 Å². The number of aromatic nitrogens is 1. The van der Waals surface area contributed by atoms with Gasteiger partial charge in [-0.2, -0.15) is 5.26 Å². The molecule has 0 fully saturated rings. The summed E-state index contributed by atoms with van der Waals surface area (Å²) in [5.41, 5.74) is 2.53. The molecule has 0 bridgehead atoms. The standard InChI is InChI=1S/C15H15N3O/c16-9-12-1-3-14(4-2-12)15(19)11-18-10-13-5-7-17-8-6-13/h1-8,15,18-19H,10-11H2. The first-order valence-electron chi connectivity index (χ1n) is 6.07. The van der Waals surface area contributed by atoms with Crippen LogP contribution in [0.2, 0.25) is 0 Å². The van der Waals surface area contributed by atoms with Crippen LogP contribution in [0.5, 0.6) is 0 Å². The number of nitriles is 1. The molecule has 0 spiro atoms. The average Bonchev–Trinajstić information content (AvgIpc) is 2.48. The molecule has 0 saturated carbocycles. The molecule has 0 amide bonds. The second-order valence-corrected chi connectivity index (χ2v) is 4.24. The van der Waals surface area contributed by atoms with Crippen molar-refractivity contribution < 1.29 is 5.11 Å². The number of aliphatic hydroxyl groups excluding tert-OH is 1. The van der Waals surface area contributed by atoms with E-state index in [9.17, 15) is 5.11 Å². The van der Waals surface area contributed by atoms with Crippen molar-refractivity contribution in [3.8, 4) is 6.07 Å². The van der Waals surface area contributed by atoms with Crippen LogP contribution in [0.3, 0.4) is 0 Å². The number of hydrogen-bond acceptors (Lipinski definition) is 4. The van der Waals surface area contributed by atoms with Gasteiger partial charge in [-0.1, -0.05) is 12.1 Å². The minimum absolute atomic E-state index is 0.466. The molecule has 0 radical (unpaired) electrons. The van der Waals surface area contributed by atoms with E-state index in [1.54, 1.807) is 36.7 Å². The number of hydrogen-bond donors (Lipinski definition) is 2. The Morgan fingerprint density at radius 1 is 1.16 bits per heavy atom. The molecule has 4 heteroatoms. The molecule has 1 heterocycles. The fraction of sp³-hybridized carbons (Fsp3) is 0.200. The van der Waals surface area contributed by atoms with Crippen LogP contribution in [-0.4, -0.2) is 16.6 Å². The highest BCUT2D eigenvalue weighted by molar-refractivity contribution is 5.32. The molecule has 19 heavy (non-hydrogen) atoms. The smallest absolute Gasteiger partial charge is 0.0991 e. The third kappa shape index (κ3) is 3.88. The van der Waals surface area contributed by atoms with Crippen molar-refractivity contribution in [1.29, 1.82) is 5.26 Å². The molecule has 0 aliphatic rings. The highest BCUT2D eigenvalue weighted by Crippen LogP contribution is 2.12. The van der Waals surface area contributed by atoms with Crippen molar-refractivity contribution in [2.75, 3.05) is 6.54 Å². The Labute approximate surface area is 112 Å². The van der Waals surface area contributed by atoms with Gasteiger partial charge in [-0.05, 0) is 35.4 Å². The van der Waals surface area contributed by atoms with Crippen molar-refractivity contribution >= 4 is 0 Å². The number of benzene rings is 1. The normalized spacial score (nSPS) is 11.8. The summed E-state index contributed by atoms with van der Waals surface area (Å²) in [5.74, 6) is 0. The van der Waals surface area contributed by atoms with Gasteiger partial charge in [0.15, 0.2) is 0 Å². The summed E-state index contributed by atoms with van der Waals surface area (Å²) in [7, 11) is 0. The summed E-state index contributed by atoms with van der Waals surface area (Å²) in [6.07, 6.45) is 2.91. The average molecular weight is 253 g/mol. The summed E-state index contributed by atoms with van der Waals surface area (Å²) < 4.78 is 0. The van der Waals surface area contributed by atoms with Gasteiger partial charge in [0.25, 0.3) is 0 Å². The topological polar surface area (TPSA) is 68.9 Å². The van der Waals surface area contributed by atoms with Crippen LogP contribution >= 0.6 is 0 Å². The van der Waals surface area contributed by atoms with Gasteiger partial charge in [-0.15, -0.1) is 0 Å². The van der Waals surface area contributed by atoms with Gasteiger partial charge < -0.3 is 10.4 Å². The third-order valence-electron chi connectivity index (χ3n) is 2.84. The zero-order valence-corrected chi connectivity index (χ0v) is 10.5. The van der Waals surface area contributed by atoms with E-state index in [2.05, 4.69) is 16.4 Å². The van der Waals surface area contributed by atoms with Gasteiger partial charge >= 0.3 is 0 Å². The van der Waals surface area contributed by atoms with E-state index in [0.29, 0.717) is 18.7 Å². The van der Waals surface area contributed by atoms with Crippen molar-refractivity contribution in [1.82, 2.24) is 10.3 Å². The molecule has 2 rings (SSSR count). The zero-order valence-electron chi connectivity index (χ0n) is 10.5. The summed E-state index contributed by atoms with van der Waals surface area (Å²) in [4.78, 5) is 3.95. The van der Waals surface area contributed by atoms with Gasteiger partial charge in [0.2, 0.25) is 0 Å². The van der Waals surface area contributed by atoms with Gasteiger partial charge in [0.05, 0.1) is 17.7 Å². The number of pyridine rings is 1. The summed E-state index contributed by atoms with van der Waals surface area (Å²) >= 11 is 0. The van der Waals surface area contributed by atoms with Crippen LogP contribution in [-0.2, 0) is 6.54 Å². The van der Waals surface area contributed by atoms with Gasteiger partial charge in [0, 0.05) is 25.5 Å². The van der Waals surface area contributed by atoms with Crippen molar-refractivity contribution in [2.24, 2.45) is 0 Å². The van der Waals surface area contributed by atoms with Crippen molar-refractivity contribution in [3.05, 3.63) is 65.5 Å². The molecule has 1 unspecified atom stereocenters. The summed E-state index contributed by atoms with van der Waals surface area (Å²) in [5, 5.41) is 21.9. The lowest BCUT2D eigenvalue weighted by atomic mass is 10.1. The number of rotatable bonds is 5. The van der Waals surface area contributed by atoms with E-state index in [1.807, 2.05) is 12.1 Å². The number of nitrogens with zero attached hydrogens (tertiary/aromatic N) is 2. The van der Waals surface area contributed by atoms with Crippen LogP contribution in [0.25, 0.3) is 0 Å². The lowest BCUT2D eigenvalue weighted by Crippen LogP contribution is -2.21. The molecule has 4 nitrogen and oxygen atoms in total. The van der Waals surface area contributed by atoms with Crippen LogP contribution in [0.15, 0.2) is 48.8 Å². The van der Waals surface area contributed by atoms with Crippen molar-refractivity contribution in [2.45, 2.75) is 12.6 Å². The first-order chi connectivity index (χ1) is 9.29. The number of aliphatic hydroxyl groups is 1. The molecule has 0 aliphatic carbocycles. The fourth-order valence-corrected chi connectivity index (χ4v) is 1.75. The third-order valence-corrected chi connectivity index (χ3v) is 2.84. The summed E-state index contributed by atoms with van der Waals surface area (Å²) in [6.45, 7) is 1.16. The summed E-state index contributed by atoms with van der Waals surface area (Å²) in [6, 6.07) is 12.9. The Kier molecular flexibility index (Phi) is 4.62. The molecule has 1 atom stereocenters. The van der Waals surface area contributed by atoms with E-state index in [-0.39, 0.29) is 0 Å². The number of nitrogens with one attached hydrogen (secondary N) is 1. The van der Waals surface area contributed by atoms with Gasteiger partial charge in [0.1, 0.15) is 0 Å². The van der Waals surface area contributed by atoms with Gasteiger partial charge in [-0.3, -0.25) is 4.98 Å². The second kappa shape index (κ2) is 6.64. The van der Waals surface area contributed by atoms with Crippen LogP contribution in [0.1, 0.15) is 22.8 Å². The van der Waals surface area contributed by atoms with E-state index < -0.39 is 6.10 Å². The first-order valence-corrected chi connectivity index (χ1v) is 6.07. The molecule has 1 aromatic carbocycles. The Morgan fingerprint density at radius 2 is 1.84 bits per heavy atom. The molecular formula is C15H15N3O. The molecule has 2 aromatic rings. The van der Waals surface area contributed by atoms with E-state index >= 15 is 0 Å². The first kappa shape index (κ1) is 13.2. The Balaban J connectivity index is 1.84. The Hall–Kier alpha value is -2.22. The van der Waals surface area contributed by atoms with Crippen LogP contribution in [0, 0.1) is 11.3 Å². The van der Waals surface area contributed by atoms with Crippen LogP contribution in [0.4, 0.5) is 0 Å². The maximum atomic E-state index is 10.0. The lowest BCUT2D eigenvalue weighted by molar-refractivity contribution is 0.174. The quantitative estimate of drug-likeness (QED) is 0.852. The molecule has 96 valence electrons. The minimum atomic E-state index is -0.574. The molecule has 2 N–H and O–H groups in total. The SMILES string of the molecule is N#Cc1ccc(C(O)CNCc2ccncc2)cc1. The largest absolute Gasteiger partial charge is 0.387 e. The highest BCUT2D eigenvalue weighted by Gasteiger charge is 2.06. The van der Waals surface area contributed by atoms with Crippen LogP contribution < -0.4 is 5.32 Å². The molecule has 0 aliphatic heterocycles. The lowest BCUT2D eigenvalue weighted by Gasteiger charge is -2.12. The highest BCUT2D eigenvalue weighted by atomic mass is 16.3. The fourth-order valence-electron chi connectivity index (χ4n) is 1.75. The molecule has 0 saturated heterocycles. The van der Waals surface area contributed by atoms with E-state index in [1.165, 1.54) is 0 Å². The predicted octanol–water partition coefficient (Wildman–Crippen LogP) is 1.78. The minimum Gasteiger partial charge on any atom is -0.387 e. The van der Waals surface area contributed by atoms with Gasteiger partial charge in [-0.25, -0.2) is 0 Å². The van der Waals surface area contributed by atoms with E-state index in [0.717, 1.165) is 11.1 Å².